The van der Waals surface area contributed by atoms with E-state index in [1.165, 1.54) is 11.0 Å². The molecule has 0 radical (unpaired) electrons. The SMILES string of the molecule is CN(Cc1nc(-c2ccccc2)no1)C1=CC(=O)N(C2CCC(=O)NC2=O)C1=O. The minimum absolute atomic E-state index is 0.0723. The highest BCUT2D eigenvalue weighted by Gasteiger charge is 2.43. The van der Waals surface area contributed by atoms with Gasteiger partial charge in [0.1, 0.15) is 11.7 Å². The summed E-state index contributed by atoms with van der Waals surface area (Å²) in [7, 11) is 1.61. The molecule has 10 nitrogen and oxygen atoms in total. The number of aromatic nitrogens is 2. The summed E-state index contributed by atoms with van der Waals surface area (Å²) < 4.78 is 5.24. The Balaban J connectivity index is 1.46. The molecular formula is C19H17N5O5. The van der Waals surface area contributed by atoms with Crippen molar-refractivity contribution in [3.05, 3.63) is 48.0 Å². The van der Waals surface area contributed by atoms with Crippen LogP contribution in [0.25, 0.3) is 11.4 Å². The molecule has 148 valence electrons. The van der Waals surface area contributed by atoms with Crippen LogP contribution in [-0.2, 0) is 25.7 Å². The van der Waals surface area contributed by atoms with Crippen molar-refractivity contribution in [2.75, 3.05) is 7.05 Å². The number of carbonyl (C=O) groups is 4. The minimum Gasteiger partial charge on any atom is -0.361 e. The quantitative estimate of drug-likeness (QED) is 0.713. The monoisotopic (exact) mass is 395 g/mol. The van der Waals surface area contributed by atoms with E-state index in [1.807, 2.05) is 30.3 Å². The van der Waals surface area contributed by atoms with Crippen molar-refractivity contribution < 1.29 is 23.7 Å². The van der Waals surface area contributed by atoms with E-state index in [9.17, 15) is 19.2 Å². The molecule has 4 rings (SSSR count). The smallest absolute Gasteiger partial charge is 0.277 e. The lowest BCUT2D eigenvalue weighted by atomic mass is 10.0. The van der Waals surface area contributed by atoms with E-state index in [2.05, 4.69) is 15.5 Å². The highest BCUT2D eigenvalue weighted by Crippen LogP contribution is 2.24. The standard InChI is InChI=1S/C19H17N5O5/c1-23(10-15-21-17(22-29-15)11-5-3-2-4-6-11)13-9-16(26)24(19(13)28)12-7-8-14(25)20-18(12)27/h2-6,9,12H,7-8,10H2,1H3,(H,20,25,27). The van der Waals surface area contributed by atoms with E-state index in [4.69, 9.17) is 4.52 Å². The zero-order valence-electron chi connectivity index (χ0n) is 15.5. The molecule has 0 bridgehead atoms. The summed E-state index contributed by atoms with van der Waals surface area (Å²) in [4.78, 5) is 55.2. The highest BCUT2D eigenvalue weighted by atomic mass is 16.5. The van der Waals surface area contributed by atoms with E-state index >= 15 is 0 Å². The third-order valence-corrected chi connectivity index (χ3v) is 4.74. The molecule has 2 aliphatic heterocycles. The van der Waals surface area contributed by atoms with Crippen molar-refractivity contribution in [2.24, 2.45) is 0 Å². The van der Waals surface area contributed by atoms with E-state index in [1.54, 1.807) is 7.05 Å². The second-order valence-electron chi connectivity index (χ2n) is 6.74. The number of likely N-dealkylation sites (N-methyl/N-ethyl adjacent to an activating group) is 1. The number of amides is 4. The number of hydrogen-bond donors (Lipinski definition) is 1. The van der Waals surface area contributed by atoms with Gasteiger partial charge in [-0.25, -0.2) is 0 Å². The Hall–Kier alpha value is -3.82. The number of imide groups is 2. The number of piperidine rings is 1. The van der Waals surface area contributed by atoms with Crippen LogP contribution in [0.4, 0.5) is 0 Å². The Kier molecular flexibility index (Phi) is 4.67. The van der Waals surface area contributed by atoms with Crippen LogP contribution in [0, 0.1) is 0 Å². The molecule has 1 saturated heterocycles. The average Bonchev–Trinajstić information content (AvgIpc) is 3.28. The van der Waals surface area contributed by atoms with Gasteiger partial charge >= 0.3 is 0 Å². The summed E-state index contributed by atoms with van der Waals surface area (Å²) in [6.45, 7) is 0.105. The van der Waals surface area contributed by atoms with Crippen LogP contribution >= 0.6 is 0 Å². The second-order valence-corrected chi connectivity index (χ2v) is 6.74. The van der Waals surface area contributed by atoms with Crippen LogP contribution in [0.3, 0.4) is 0 Å². The topological polar surface area (TPSA) is 126 Å². The molecule has 0 aliphatic carbocycles. The summed E-state index contributed by atoms with van der Waals surface area (Å²) in [5.41, 5.74) is 0.902. The Labute approximate surface area is 165 Å². The largest absolute Gasteiger partial charge is 0.361 e. The molecule has 10 heteroatoms. The lowest BCUT2D eigenvalue weighted by molar-refractivity contribution is -0.150. The van der Waals surface area contributed by atoms with E-state index in [-0.39, 0.29) is 31.0 Å². The highest BCUT2D eigenvalue weighted by molar-refractivity contribution is 6.18. The maximum atomic E-state index is 12.8. The van der Waals surface area contributed by atoms with Crippen LogP contribution < -0.4 is 5.32 Å². The van der Waals surface area contributed by atoms with Gasteiger partial charge in [0.25, 0.3) is 11.8 Å². The molecule has 3 heterocycles. The van der Waals surface area contributed by atoms with Crippen molar-refractivity contribution in [3.8, 4) is 11.4 Å². The molecule has 1 atom stereocenters. The van der Waals surface area contributed by atoms with Gasteiger partial charge in [-0.1, -0.05) is 35.5 Å². The first kappa shape index (κ1) is 18.5. The van der Waals surface area contributed by atoms with Gasteiger partial charge in [-0.3, -0.25) is 29.4 Å². The van der Waals surface area contributed by atoms with Gasteiger partial charge in [0.2, 0.25) is 23.5 Å². The van der Waals surface area contributed by atoms with Crippen molar-refractivity contribution >= 4 is 23.6 Å². The van der Waals surface area contributed by atoms with Crippen molar-refractivity contribution in [1.29, 1.82) is 0 Å². The summed E-state index contributed by atoms with van der Waals surface area (Å²) in [5.74, 6) is -1.57. The zero-order valence-corrected chi connectivity index (χ0v) is 15.5. The Bertz CT molecular complexity index is 1030. The van der Waals surface area contributed by atoms with Crippen molar-refractivity contribution in [1.82, 2.24) is 25.3 Å². The van der Waals surface area contributed by atoms with E-state index in [0.717, 1.165) is 10.5 Å². The predicted octanol–water partition coefficient (Wildman–Crippen LogP) is 0.226. The van der Waals surface area contributed by atoms with Gasteiger partial charge in [-0.15, -0.1) is 0 Å². The Morgan fingerprint density at radius 3 is 2.69 bits per heavy atom. The van der Waals surface area contributed by atoms with Gasteiger partial charge in [-0.2, -0.15) is 4.98 Å². The number of benzene rings is 1. The average molecular weight is 395 g/mol. The number of carbonyl (C=O) groups excluding carboxylic acids is 4. The number of rotatable bonds is 5. The van der Waals surface area contributed by atoms with Crippen LogP contribution in [0.15, 0.2) is 46.6 Å². The molecule has 0 saturated carbocycles. The molecule has 1 N–H and O–H groups in total. The fourth-order valence-electron chi connectivity index (χ4n) is 3.28. The predicted molar refractivity (Wildman–Crippen MR) is 97.3 cm³/mol. The third kappa shape index (κ3) is 3.51. The maximum absolute atomic E-state index is 12.8. The first-order chi connectivity index (χ1) is 13.9. The van der Waals surface area contributed by atoms with Gasteiger partial charge in [0.05, 0.1) is 6.54 Å². The van der Waals surface area contributed by atoms with Crippen LogP contribution in [0.5, 0.6) is 0 Å². The fourth-order valence-corrected chi connectivity index (χ4v) is 3.28. The lowest BCUT2D eigenvalue weighted by Crippen LogP contribution is -2.54. The summed E-state index contributed by atoms with van der Waals surface area (Å²) in [6.07, 6.45) is 1.35. The summed E-state index contributed by atoms with van der Waals surface area (Å²) >= 11 is 0. The van der Waals surface area contributed by atoms with Crippen LogP contribution in [-0.4, -0.2) is 56.7 Å². The third-order valence-electron chi connectivity index (χ3n) is 4.74. The Morgan fingerprint density at radius 1 is 1.21 bits per heavy atom. The molecule has 1 fully saturated rings. The first-order valence-electron chi connectivity index (χ1n) is 8.96. The van der Waals surface area contributed by atoms with Crippen molar-refractivity contribution in [2.45, 2.75) is 25.4 Å². The summed E-state index contributed by atoms with van der Waals surface area (Å²) in [6, 6.07) is 8.28. The fraction of sp³-hybridized carbons (Fsp3) is 0.263. The molecule has 1 aromatic heterocycles. The minimum atomic E-state index is -0.997. The molecule has 29 heavy (non-hydrogen) atoms. The molecule has 2 aliphatic rings. The maximum Gasteiger partial charge on any atom is 0.277 e. The molecule has 2 aromatic rings. The molecular weight excluding hydrogens is 378 g/mol. The zero-order chi connectivity index (χ0) is 20.5. The first-order valence-corrected chi connectivity index (χ1v) is 8.96. The van der Waals surface area contributed by atoms with Gasteiger partial charge in [0, 0.05) is 25.1 Å². The lowest BCUT2D eigenvalue weighted by Gasteiger charge is -2.29. The number of hydrogen-bond acceptors (Lipinski definition) is 8. The van der Waals surface area contributed by atoms with Gasteiger partial charge in [-0.05, 0) is 6.42 Å². The normalized spacial score (nSPS) is 19.4. The number of nitrogens with zero attached hydrogens (tertiary/aromatic N) is 4. The summed E-state index contributed by atoms with van der Waals surface area (Å²) in [5, 5.41) is 6.08. The Morgan fingerprint density at radius 2 is 1.97 bits per heavy atom. The molecule has 4 amide bonds. The van der Waals surface area contributed by atoms with Gasteiger partial charge < -0.3 is 9.42 Å². The van der Waals surface area contributed by atoms with E-state index < -0.39 is 29.7 Å². The number of nitrogens with one attached hydrogen (secondary N) is 1. The molecule has 1 unspecified atom stereocenters. The molecule has 1 aromatic carbocycles. The van der Waals surface area contributed by atoms with Crippen LogP contribution in [0.1, 0.15) is 18.7 Å². The second kappa shape index (κ2) is 7.30. The molecule has 0 spiro atoms. The van der Waals surface area contributed by atoms with Gasteiger partial charge in [0.15, 0.2) is 0 Å². The van der Waals surface area contributed by atoms with Crippen molar-refractivity contribution in [3.63, 3.8) is 0 Å². The van der Waals surface area contributed by atoms with Crippen LogP contribution in [0.2, 0.25) is 0 Å². The van der Waals surface area contributed by atoms with E-state index in [0.29, 0.717) is 5.82 Å².